The molecule has 3 rings (SSSR count). The molecule has 1 N–H and O–H groups in total. The highest BCUT2D eigenvalue weighted by molar-refractivity contribution is 5.70. The first kappa shape index (κ1) is 15.4. The zero-order chi connectivity index (χ0) is 16.6. The molecular weight excluding hydrogens is 313 g/mol. The molecule has 0 atom stereocenters. The fourth-order valence-corrected chi connectivity index (χ4v) is 2.56. The van der Waals surface area contributed by atoms with Gasteiger partial charge in [0.2, 0.25) is 5.88 Å². The molecule has 122 valence electrons. The van der Waals surface area contributed by atoms with E-state index in [1.165, 1.54) is 12.1 Å². The van der Waals surface area contributed by atoms with E-state index in [1.54, 1.807) is 12.1 Å². The van der Waals surface area contributed by atoms with Gasteiger partial charge in [0.15, 0.2) is 5.69 Å². The number of halogens is 3. The van der Waals surface area contributed by atoms with Gasteiger partial charge < -0.3 is 9.84 Å². The van der Waals surface area contributed by atoms with Gasteiger partial charge in [0.05, 0.1) is 18.7 Å². The highest BCUT2D eigenvalue weighted by Gasteiger charge is 2.40. The lowest BCUT2D eigenvalue weighted by atomic mass is 10.1. The second-order valence-corrected chi connectivity index (χ2v) is 5.23. The molecule has 0 saturated heterocycles. The molecule has 0 fully saturated rings. The van der Waals surface area contributed by atoms with Crippen LogP contribution in [-0.4, -0.2) is 27.5 Å². The second-order valence-electron chi connectivity index (χ2n) is 5.23. The third-order valence-corrected chi connectivity index (χ3v) is 3.55. The van der Waals surface area contributed by atoms with E-state index in [1.807, 2.05) is 0 Å². The Labute approximate surface area is 129 Å². The van der Waals surface area contributed by atoms with E-state index in [0.717, 1.165) is 4.68 Å². The lowest BCUT2D eigenvalue weighted by molar-refractivity contribution is -0.142. The summed E-state index contributed by atoms with van der Waals surface area (Å²) in [6.45, 7) is 0.340. The summed E-state index contributed by atoms with van der Waals surface area (Å²) in [4.78, 5) is 10.7. The Morgan fingerprint density at radius 2 is 2.00 bits per heavy atom. The van der Waals surface area contributed by atoms with Crippen LogP contribution in [0, 0.1) is 0 Å². The summed E-state index contributed by atoms with van der Waals surface area (Å²) < 4.78 is 45.9. The maximum atomic E-state index is 13.1. The number of carboxylic acids is 1. The first-order chi connectivity index (χ1) is 10.9. The van der Waals surface area contributed by atoms with Crippen LogP contribution in [0.25, 0.3) is 5.69 Å². The fraction of sp³-hybridized carbons (Fsp3) is 0.333. The Morgan fingerprint density at radius 1 is 1.30 bits per heavy atom. The predicted molar refractivity (Wildman–Crippen MR) is 73.7 cm³/mol. The number of hydrogen-bond acceptors (Lipinski definition) is 3. The van der Waals surface area contributed by atoms with Crippen molar-refractivity contribution >= 4 is 5.97 Å². The highest BCUT2D eigenvalue weighted by atomic mass is 19.4. The number of ether oxygens (including phenoxy) is 1. The smallest absolute Gasteiger partial charge is 0.435 e. The Balaban J connectivity index is 2.02. The van der Waals surface area contributed by atoms with E-state index in [2.05, 4.69) is 5.10 Å². The van der Waals surface area contributed by atoms with Crippen molar-refractivity contribution in [2.75, 3.05) is 6.61 Å². The van der Waals surface area contributed by atoms with Gasteiger partial charge in [-0.05, 0) is 30.5 Å². The minimum atomic E-state index is -4.54. The zero-order valence-electron chi connectivity index (χ0n) is 11.9. The Kier molecular flexibility index (Phi) is 3.75. The highest BCUT2D eigenvalue weighted by Crippen LogP contribution is 2.39. The van der Waals surface area contributed by atoms with Crippen LogP contribution in [0.3, 0.4) is 0 Å². The van der Waals surface area contributed by atoms with Gasteiger partial charge in [-0.25, -0.2) is 4.68 Å². The largest absolute Gasteiger partial charge is 0.481 e. The van der Waals surface area contributed by atoms with E-state index in [4.69, 9.17) is 9.84 Å². The van der Waals surface area contributed by atoms with Crippen LogP contribution in [0.4, 0.5) is 13.2 Å². The fourth-order valence-electron chi connectivity index (χ4n) is 2.56. The van der Waals surface area contributed by atoms with Crippen LogP contribution >= 0.6 is 0 Å². The van der Waals surface area contributed by atoms with Gasteiger partial charge in [-0.1, -0.05) is 12.1 Å². The molecule has 2 heterocycles. The van der Waals surface area contributed by atoms with Crippen LogP contribution in [0.5, 0.6) is 5.88 Å². The third kappa shape index (κ3) is 3.01. The normalized spacial score (nSPS) is 14.2. The van der Waals surface area contributed by atoms with Crippen LogP contribution < -0.4 is 4.74 Å². The summed E-state index contributed by atoms with van der Waals surface area (Å²) in [6, 6.07) is 6.16. The number of carbonyl (C=O) groups is 1. The molecule has 0 unspecified atom stereocenters. The quantitative estimate of drug-likeness (QED) is 0.942. The molecule has 5 nitrogen and oxygen atoms in total. The number of rotatable bonds is 3. The lowest BCUT2D eigenvalue weighted by Crippen LogP contribution is -2.13. The molecule has 1 aliphatic heterocycles. The number of fused-ring (bicyclic) bond motifs is 1. The van der Waals surface area contributed by atoms with Crippen LogP contribution in [-0.2, 0) is 23.8 Å². The number of benzene rings is 1. The number of aromatic nitrogens is 2. The molecule has 0 bridgehead atoms. The molecule has 0 saturated carbocycles. The van der Waals surface area contributed by atoms with E-state index in [0.29, 0.717) is 24.3 Å². The number of nitrogens with zero attached hydrogens (tertiary/aromatic N) is 2. The molecule has 1 aliphatic rings. The van der Waals surface area contributed by atoms with E-state index >= 15 is 0 Å². The van der Waals surface area contributed by atoms with Crippen molar-refractivity contribution in [3.63, 3.8) is 0 Å². The molecular formula is C15H13F3N2O3. The molecule has 0 aliphatic carbocycles. The molecule has 0 amide bonds. The number of carboxylic acid groups (broad SMARTS) is 1. The molecule has 23 heavy (non-hydrogen) atoms. The Morgan fingerprint density at radius 3 is 2.61 bits per heavy atom. The lowest BCUT2D eigenvalue weighted by Gasteiger charge is -2.16. The first-order valence-corrected chi connectivity index (χ1v) is 6.99. The van der Waals surface area contributed by atoms with Gasteiger partial charge in [-0.3, -0.25) is 4.79 Å². The number of hydrogen-bond donors (Lipinski definition) is 1. The predicted octanol–water partition coefficient (Wildman–Crippen LogP) is 2.84. The first-order valence-electron chi connectivity index (χ1n) is 6.99. The summed E-state index contributed by atoms with van der Waals surface area (Å²) in [5.41, 5.74) is 0.0900. The summed E-state index contributed by atoms with van der Waals surface area (Å²) in [5.74, 6) is -0.869. The van der Waals surface area contributed by atoms with Crippen molar-refractivity contribution in [3.05, 3.63) is 41.1 Å². The van der Waals surface area contributed by atoms with E-state index in [-0.39, 0.29) is 24.3 Å². The molecule has 8 heteroatoms. The molecule has 1 aromatic carbocycles. The molecule has 0 radical (unpaired) electrons. The van der Waals surface area contributed by atoms with Crippen molar-refractivity contribution < 1.29 is 27.8 Å². The average Bonchev–Trinajstić information content (AvgIpc) is 2.87. The van der Waals surface area contributed by atoms with Gasteiger partial charge >= 0.3 is 12.1 Å². The van der Waals surface area contributed by atoms with Gasteiger partial charge in [-0.2, -0.15) is 18.3 Å². The van der Waals surface area contributed by atoms with Crippen LogP contribution in [0.15, 0.2) is 24.3 Å². The maximum absolute atomic E-state index is 13.1. The summed E-state index contributed by atoms with van der Waals surface area (Å²) in [5, 5.41) is 12.4. The minimum Gasteiger partial charge on any atom is -0.481 e. The van der Waals surface area contributed by atoms with Crippen LogP contribution in [0.2, 0.25) is 0 Å². The number of alkyl halides is 3. The standard InChI is InChI=1S/C15H13F3N2O3/c16-15(17,18)13-11-2-1-7-23-14(11)20(19-13)10-5-3-9(4-6-10)8-12(21)22/h3-6H,1-2,7-8H2,(H,21,22). The van der Waals surface area contributed by atoms with Crippen molar-refractivity contribution in [3.8, 4) is 11.6 Å². The van der Waals surface area contributed by atoms with Crippen molar-refractivity contribution in [2.24, 2.45) is 0 Å². The van der Waals surface area contributed by atoms with E-state index in [9.17, 15) is 18.0 Å². The average molecular weight is 326 g/mol. The second kappa shape index (κ2) is 5.60. The van der Waals surface area contributed by atoms with E-state index < -0.39 is 17.8 Å². The minimum absolute atomic E-state index is 0.0679. The molecule has 2 aromatic rings. The molecule has 1 aromatic heterocycles. The van der Waals surface area contributed by atoms with Crippen molar-refractivity contribution in [2.45, 2.75) is 25.4 Å². The summed E-state index contributed by atoms with van der Waals surface area (Å²) >= 11 is 0. The summed E-state index contributed by atoms with van der Waals surface area (Å²) in [7, 11) is 0. The topological polar surface area (TPSA) is 64.3 Å². The monoisotopic (exact) mass is 326 g/mol. The zero-order valence-corrected chi connectivity index (χ0v) is 11.9. The van der Waals surface area contributed by atoms with Crippen molar-refractivity contribution in [1.82, 2.24) is 9.78 Å². The molecule has 0 spiro atoms. The van der Waals surface area contributed by atoms with Gasteiger partial charge in [0, 0.05) is 5.56 Å². The summed E-state index contributed by atoms with van der Waals surface area (Å²) in [6.07, 6.45) is -3.92. The third-order valence-electron chi connectivity index (χ3n) is 3.55. The Hall–Kier alpha value is -2.51. The van der Waals surface area contributed by atoms with Crippen molar-refractivity contribution in [1.29, 1.82) is 0 Å². The van der Waals surface area contributed by atoms with Crippen LogP contribution in [0.1, 0.15) is 23.2 Å². The SMILES string of the molecule is O=C(O)Cc1ccc(-n2nc(C(F)(F)F)c3c2OCCC3)cc1. The maximum Gasteiger partial charge on any atom is 0.435 e. The van der Waals surface area contributed by atoms with Gasteiger partial charge in [-0.15, -0.1) is 0 Å². The van der Waals surface area contributed by atoms with Gasteiger partial charge in [0.1, 0.15) is 0 Å². The Bertz CT molecular complexity index is 736. The number of aliphatic carboxylic acids is 1. The van der Waals surface area contributed by atoms with Gasteiger partial charge in [0.25, 0.3) is 0 Å².